The number of nitrogens with one attached hydrogen (secondary N) is 1. The van der Waals surface area contributed by atoms with Crippen molar-refractivity contribution in [1.29, 1.82) is 0 Å². The molecule has 0 spiro atoms. The predicted octanol–water partition coefficient (Wildman–Crippen LogP) is 6.00. The van der Waals surface area contributed by atoms with Crippen molar-refractivity contribution in [3.63, 3.8) is 0 Å². The van der Waals surface area contributed by atoms with Gasteiger partial charge in [0.25, 0.3) is 5.91 Å². The summed E-state index contributed by atoms with van der Waals surface area (Å²) in [6.45, 7) is 1.95. The highest BCUT2D eigenvalue weighted by Gasteiger charge is 2.17. The highest BCUT2D eigenvalue weighted by atomic mass is 32.2. The monoisotopic (exact) mass is 406 g/mol. The molecule has 5 heteroatoms. The van der Waals surface area contributed by atoms with E-state index in [-0.39, 0.29) is 5.91 Å². The van der Waals surface area contributed by atoms with E-state index >= 15 is 0 Å². The Morgan fingerprint density at radius 3 is 2.52 bits per heavy atom. The maximum atomic E-state index is 12.5. The fraction of sp³-hybridized carbons (Fsp3) is 0.333. The third-order valence-electron chi connectivity index (χ3n) is 5.35. The van der Waals surface area contributed by atoms with Crippen LogP contribution in [-0.4, -0.2) is 16.9 Å². The van der Waals surface area contributed by atoms with E-state index < -0.39 is 0 Å². The van der Waals surface area contributed by atoms with E-state index in [4.69, 9.17) is 4.42 Å². The van der Waals surface area contributed by atoms with Crippen LogP contribution >= 0.6 is 11.8 Å². The zero-order chi connectivity index (χ0) is 20.1. The molecule has 4 rings (SSSR count). The van der Waals surface area contributed by atoms with Gasteiger partial charge in [-0.25, -0.2) is 4.98 Å². The fourth-order valence-corrected chi connectivity index (χ4v) is 4.55. The van der Waals surface area contributed by atoms with Crippen LogP contribution in [0.25, 0.3) is 11.5 Å². The number of amides is 1. The zero-order valence-corrected chi connectivity index (χ0v) is 17.5. The van der Waals surface area contributed by atoms with Crippen LogP contribution < -0.4 is 5.32 Å². The van der Waals surface area contributed by atoms with Crippen LogP contribution in [0.3, 0.4) is 0 Å². The van der Waals surface area contributed by atoms with E-state index in [1.807, 2.05) is 49.4 Å². The topological polar surface area (TPSA) is 55.1 Å². The van der Waals surface area contributed by atoms with Crippen molar-refractivity contribution >= 4 is 17.7 Å². The summed E-state index contributed by atoms with van der Waals surface area (Å²) in [5.74, 6) is 2.21. The first-order valence-electron chi connectivity index (χ1n) is 10.2. The van der Waals surface area contributed by atoms with Crippen LogP contribution in [0.1, 0.15) is 53.9 Å². The van der Waals surface area contributed by atoms with E-state index in [9.17, 15) is 4.79 Å². The van der Waals surface area contributed by atoms with Gasteiger partial charge in [0.15, 0.2) is 0 Å². The standard InChI is InChI=1S/C24H26N2O2S/c1-17-22(16-29-21-10-6-3-7-11-21)26-24(28-17)19-14-12-18(13-15-19)23(27)25-20-8-4-2-5-9-20/h3,6-7,10-15,20H,2,4-5,8-9,16H2,1H3,(H,25,27). The maximum absolute atomic E-state index is 12.5. The van der Waals surface area contributed by atoms with Gasteiger partial charge >= 0.3 is 0 Å². The average molecular weight is 407 g/mol. The van der Waals surface area contributed by atoms with Crippen LogP contribution in [-0.2, 0) is 5.75 Å². The lowest BCUT2D eigenvalue weighted by atomic mass is 9.95. The first kappa shape index (κ1) is 19.8. The molecule has 1 amide bonds. The van der Waals surface area contributed by atoms with Crippen LogP contribution in [0.2, 0.25) is 0 Å². The molecule has 1 aliphatic rings. The Kier molecular flexibility index (Phi) is 6.35. The summed E-state index contributed by atoms with van der Waals surface area (Å²) < 4.78 is 5.89. The molecular weight excluding hydrogens is 380 g/mol. The molecule has 4 nitrogen and oxygen atoms in total. The van der Waals surface area contributed by atoms with Gasteiger partial charge in [-0.15, -0.1) is 11.8 Å². The number of rotatable bonds is 6. The molecule has 29 heavy (non-hydrogen) atoms. The van der Waals surface area contributed by atoms with Gasteiger partial charge in [-0.05, 0) is 56.2 Å². The van der Waals surface area contributed by atoms with Crippen LogP contribution in [0.4, 0.5) is 0 Å². The second kappa shape index (κ2) is 9.31. The van der Waals surface area contributed by atoms with E-state index in [1.54, 1.807) is 11.8 Å². The van der Waals surface area contributed by atoms with Gasteiger partial charge in [-0.3, -0.25) is 4.79 Å². The number of nitrogens with zero attached hydrogens (tertiary/aromatic N) is 1. The third kappa shape index (κ3) is 5.10. The molecule has 1 fully saturated rings. The number of carbonyl (C=O) groups is 1. The quantitative estimate of drug-likeness (QED) is 0.510. The lowest BCUT2D eigenvalue weighted by molar-refractivity contribution is 0.0927. The Labute approximate surface area is 176 Å². The smallest absolute Gasteiger partial charge is 0.251 e. The molecule has 2 aromatic carbocycles. The van der Waals surface area contributed by atoms with Gasteiger partial charge in [0.2, 0.25) is 5.89 Å². The number of thioether (sulfide) groups is 1. The summed E-state index contributed by atoms with van der Waals surface area (Å²) in [6, 6.07) is 18.1. The number of hydrogen-bond donors (Lipinski definition) is 1. The van der Waals surface area contributed by atoms with Crippen molar-refractivity contribution < 1.29 is 9.21 Å². The van der Waals surface area contributed by atoms with Crippen LogP contribution in [0.15, 0.2) is 63.9 Å². The average Bonchev–Trinajstić information content (AvgIpc) is 3.14. The van der Waals surface area contributed by atoms with Crippen LogP contribution in [0.5, 0.6) is 0 Å². The fourth-order valence-electron chi connectivity index (χ4n) is 3.63. The van der Waals surface area contributed by atoms with Crippen LogP contribution in [0, 0.1) is 6.92 Å². The minimum atomic E-state index is 0.00647. The number of benzene rings is 2. The Balaban J connectivity index is 1.40. The van der Waals surface area contributed by atoms with E-state index in [2.05, 4.69) is 22.4 Å². The van der Waals surface area contributed by atoms with Crippen molar-refractivity contribution in [2.24, 2.45) is 0 Å². The second-order valence-corrected chi connectivity index (χ2v) is 8.56. The molecule has 0 atom stereocenters. The Bertz CT molecular complexity index is 945. The van der Waals surface area contributed by atoms with E-state index in [1.165, 1.54) is 24.2 Å². The molecule has 0 unspecified atom stereocenters. The SMILES string of the molecule is Cc1oc(-c2ccc(C(=O)NC3CCCCC3)cc2)nc1CSc1ccccc1. The highest BCUT2D eigenvalue weighted by molar-refractivity contribution is 7.98. The molecule has 0 radical (unpaired) electrons. The van der Waals surface area contributed by atoms with Gasteiger partial charge in [-0.1, -0.05) is 37.5 Å². The number of aromatic nitrogens is 1. The Hall–Kier alpha value is -2.53. The zero-order valence-electron chi connectivity index (χ0n) is 16.7. The van der Waals surface area contributed by atoms with E-state index in [0.29, 0.717) is 17.5 Å². The molecule has 0 aliphatic heterocycles. The molecule has 3 aromatic rings. The van der Waals surface area contributed by atoms with Crippen molar-refractivity contribution in [3.05, 3.63) is 71.6 Å². The first-order chi connectivity index (χ1) is 14.2. The van der Waals surface area contributed by atoms with E-state index in [0.717, 1.165) is 35.6 Å². The Morgan fingerprint density at radius 1 is 1.07 bits per heavy atom. The molecule has 1 heterocycles. The predicted molar refractivity (Wildman–Crippen MR) is 117 cm³/mol. The summed E-state index contributed by atoms with van der Waals surface area (Å²) in [5.41, 5.74) is 2.52. The summed E-state index contributed by atoms with van der Waals surface area (Å²) in [4.78, 5) is 18.4. The second-order valence-electron chi connectivity index (χ2n) is 7.51. The highest BCUT2D eigenvalue weighted by Crippen LogP contribution is 2.27. The maximum Gasteiger partial charge on any atom is 0.251 e. The lowest BCUT2D eigenvalue weighted by Crippen LogP contribution is -2.36. The minimum Gasteiger partial charge on any atom is -0.441 e. The molecular formula is C24H26N2O2S. The summed E-state index contributed by atoms with van der Waals surface area (Å²) in [5, 5.41) is 3.16. The molecule has 0 saturated heterocycles. The summed E-state index contributed by atoms with van der Waals surface area (Å²) in [7, 11) is 0. The summed E-state index contributed by atoms with van der Waals surface area (Å²) in [6.07, 6.45) is 5.87. The van der Waals surface area contributed by atoms with Crippen molar-refractivity contribution in [2.75, 3.05) is 0 Å². The molecule has 1 aromatic heterocycles. The van der Waals surface area contributed by atoms with Gasteiger partial charge < -0.3 is 9.73 Å². The van der Waals surface area contributed by atoms with Crippen molar-refractivity contribution in [1.82, 2.24) is 10.3 Å². The van der Waals surface area contributed by atoms with Crippen molar-refractivity contribution in [2.45, 2.75) is 55.7 Å². The number of aryl methyl sites for hydroxylation is 1. The minimum absolute atomic E-state index is 0.00647. The molecule has 0 bridgehead atoms. The number of oxazole rings is 1. The number of carbonyl (C=O) groups excluding carboxylic acids is 1. The largest absolute Gasteiger partial charge is 0.441 e. The molecule has 150 valence electrons. The lowest BCUT2D eigenvalue weighted by Gasteiger charge is -2.22. The summed E-state index contributed by atoms with van der Waals surface area (Å²) >= 11 is 1.74. The molecule has 1 N–H and O–H groups in total. The molecule has 1 aliphatic carbocycles. The van der Waals surface area contributed by atoms with Gasteiger partial charge in [-0.2, -0.15) is 0 Å². The Morgan fingerprint density at radius 2 is 1.79 bits per heavy atom. The first-order valence-corrected chi connectivity index (χ1v) is 11.2. The third-order valence-corrected chi connectivity index (χ3v) is 6.37. The van der Waals surface area contributed by atoms with Gasteiger partial charge in [0, 0.05) is 27.8 Å². The van der Waals surface area contributed by atoms with Crippen molar-refractivity contribution in [3.8, 4) is 11.5 Å². The number of hydrogen-bond acceptors (Lipinski definition) is 4. The normalized spacial score (nSPS) is 14.7. The molecule has 1 saturated carbocycles. The van der Waals surface area contributed by atoms with Gasteiger partial charge in [0.05, 0.1) is 5.69 Å². The van der Waals surface area contributed by atoms with Gasteiger partial charge in [0.1, 0.15) is 5.76 Å².